The van der Waals surface area contributed by atoms with Crippen LogP contribution in [0.15, 0.2) is 12.1 Å². The van der Waals surface area contributed by atoms with E-state index in [1.54, 1.807) is 4.90 Å². The van der Waals surface area contributed by atoms with Gasteiger partial charge in [-0.25, -0.2) is 0 Å². The molecule has 1 saturated heterocycles. The lowest BCUT2D eigenvalue weighted by Gasteiger charge is -2.29. The highest BCUT2D eigenvalue weighted by molar-refractivity contribution is 6.05. The van der Waals surface area contributed by atoms with Crippen LogP contribution < -0.4 is 15.8 Å². The molecule has 0 radical (unpaired) electrons. The third kappa shape index (κ3) is 2.49. The zero-order valence-electron chi connectivity index (χ0n) is 14.8. The molecule has 3 aliphatic rings. The molecule has 1 aromatic carbocycles. The van der Waals surface area contributed by atoms with Gasteiger partial charge in [-0.05, 0) is 31.9 Å². The van der Waals surface area contributed by atoms with Crippen molar-refractivity contribution in [2.24, 2.45) is 5.73 Å². The van der Waals surface area contributed by atoms with Gasteiger partial charge in [0.25, 0.3) is 5.91 Å². The Morgan fingerprint density at radius 2 is 2.15 bits per heavy atom. The largest absolute Gasteiger partial charge is 0.492 e. The molecule has 0 aromatic heterocycles. The van der Waals surface area contributed by atoms with Crippen LogP contribution in [0.4, 0.5) is 0 Å². The summed E-state index contributed by atoms with van der Waals surface area (Å²) in [5.74, 6) is -0.0651. The average molecular weight is 357 g/mol. The van der Waals surface area contributed by atoms with Crippen molar-refractivity contribution >= 4 is 17.7 Å². The van der Waals surface area contributed by atoms with Crippen LogP contribution in [0.3, 0.4) is 0 Å². The highest BCUT2D eigenvalue weighted by Gasteiger charge is 2.44. The zero-order chi connectivity index (χ0) is 18.5. The van der Waals surface area contributed by atoms with Crippen LogP contribution in [0.2, 0.25) is 0 Å². The molecule has 0 saturated carbocycles. The Hall–Kier alpha value is -2.41. The van der Waals surface area contributed by atoms with Crippen molar-refractivity contribution in [2.75, 3.05) is 13.2 Å². The molecule has 1 aromatic rings. The van der Waals surface area contributed by atoms with Crippen molar-refractivity contribution in [2.45, 2.75) is 50.6 Å². The molecule has 0 bridgehead atoms. The first-order valence-electron chi connectivity index (χ1n) is 9.08. The van der Waals surface area contributed by atoms with E-state index >= 15 is 0 Å². The summed E-state index contributed by atoms with van der Waals surface area (Å²) < 4.78 is 6.01. The Balaban J connectivity index is 1.64. The summed E-state index contributed by atoms with van der Waals surface area (Å²) in [4.78, 5) is 38.0. The number of amides is 3. The Morgan fingerprint density at radius 3 is 2.88 bits per heavy atom. The number of carbonyl (C=O) groups is 3. The lowest BCUT2D eigenvalue weighted by molar-refractivity contribution is -0.136. The highest BCUT2D eigenvalue weighted by Crippen LogP contribution is 2.46. The molecule has 3 aliphatic heterocycles. The summed E-state index contributed by atoms with van der Waals surface area (Å²) in [5, 5.41) is 2.33. The molecule has 2 unspecified atom stereocenters. The molecule has 7 nitrogen and oxygen atoms in total. The number of nitrogens with zero attached hydrogens (tertiary/aromatic N) is 1. The molecule has 1 fully saturated rings. The normalized spacial score (nSPS) is 27.2. The highest BCUT2D eigenvalue weighted by atomic mass is 16.5. The van der Waals surface area contributed by atoms with Crippen molar-refractivity contribution < 1.29 is 19.1 Å². The lowest BCUT2D eigenvalue weighted by atomic mass is 9.79. The average Bonchev–Trinajstić information content (AvgIpc) is 3.12. The number of nitrogens with two attached hydrogens (primary N) is 1. The summed E-state index contributed by atoms with van der Waals surface area (Å²) >= 11 is 0. The van der Waals surface area contributed by atoms with E-state index in [4.69, 9.17) is 10.5 Å². The summed E-state index contributed by atoms with van der Waals surface area (Å²) in [6, 6.07) is 3.22. The van der Waals surface area contributed by atoms with Crippen molar-refractivity contribution in [3.8, 4) is 5.75 Å². The molecule has 3 N–H and O–H groups in total. The SMILES string of the molecule is CC1(CCCN)COc2c1ccc1c2CN(C2CCC(=O)NC2=O)C1=O. The molecular formula is C19H23N3O4. The number of hydrogen-bond donors (Lipinski definition) is 2. The van der Waals surface area contributed by atoms with Crippen molar-refractivity contribution in [1.82, 2.24) is 10.2 Å². The van der Waals surface area contributed by atoms with Crippen molar-refractivity contribution in [3.05, 3.63) is 28.8 Å². The van der Waals surface area contributed by atoms with Crippen LogP contribution >= 0.6 is 0 Å². The van der Waals surface area contributed by atoms with E-state index in [2.05, 4.69) is 12.2 Å². The Labute approximate surface area is 151 Å². The fourth-order valence-corrected chi connectivity index (χ4v) is 4.26. The quantitative estimate of drug-likeness (QED) is 0.778. The third-order valence-electron chi connectivity index (χ3n) is 5.78. The Bertz CT molecular complexity index is 806. The number of fused-ring (bicyclic) bond motifs is 3. The van der Waals surface area contributed by atoms with Gasteiger partial charge in [-0.3, -0.25) is 19.7 Å². The van der Waals surface area contributed by atoms with Gasteiger partial charge in [-0.1, -0.05) is 13.0 Å². The van der Waals surface area contributed by atoms with Crippen LogP contribution in [0, 0.1) is 0 Å². The minimum Gasteiger partial charge on any atom is -0.492 e. The Morgan fingerprint density at radius 1 is 1.35 bits per heavy atom. The van der Waals surface area contributed by atoms with Crippen LogP contribution in [-0.2, 0) is 21.5 Å². The van der Waals surface area contributed by atoms with Crippen LogP contribution in [0.1, 0.15) is 54.1 Å². The number of benzene rings is 1. The number of piperidine rings is 1. The van der Waals surface area contributed by atoms with Gasteiger partial charge in [0.15, 0.2) is 0 Å². The van der Waals surface area contributed by atoms with E-state index < -0.39 is 11.9 Å². The van der Waals surface area contributed by atoms with Gasteiger partial charge >= 0.3 is 0 Å². The molecule has 26 heavy (non-hydrogen) atoms. The summed E-state index contributed by atoms with van der Waals surface area (Å²) in [6.07, 6.45) is 2.46. The predicted octanol–water partition coefficient (Wildman–Crippen LogP) is 0.837. The van der Waals surface area contributed by atoms with E-state index in [0.717, 1.165) is 29.7 Å². The van der Waals surface area contributed by atoms with E-state index in [9.17, 15) is 14.4 Å². The van der Waals surface area contributed by atoms with E-state index in [1.165, 1.54) is 0 Å². The summed E-state index contributed by atoms with van der Waals surface area (Å²) in [6.45, 7) is 3.72. The second kappa shape index (κ2) is 6.09. The first kappa shape index (κ1) is 17.0. The second-order valence-electron chi connectivity index (χ2n) is 7.61. The topological polar surface area (TPSA) is 102 Å². The maximum atomic E-state index is 12.8. The van der Waals surface area contributed by atoms with Gasteiger partial charge in [-0.15, -0.1) is 0 Å². The molecule has 7 heteroatoms. The standard InChI is InChI=1S/C19H23N3O4/c1-19(7-2-8-20)10-26-16-12-9-22(14-5-6-15(23)21-17(14)24)18(25)11(12)3-4-13(16)19/h3-4,14H,2,5-10,20H2,1H3,(H,21,23,24). The monoisotopic (exact) mass is 357 g/mol. The predicted molar refractivity (Wildman–Crippen MR) is 93.6 cm³/mol. The molecule has 0 spiro atoms. The van der Waals surface area contributed by atoms with E-state index in [-0.39, 0.29) is 23.7 Å². The van der Waals surface area contributed by atoms with Crippen LogP contribution in [0.25, 0.3) is 0 Å². The van der Waals surface area contributed by atoms with E-state index in [0.29, 0.717) is 31.7 Å². The van der Waals surface area contributed by atoms with Gasteiger partial charge in [-0.2, -0.15) is 0 Å². The minimum atomic E-state index is -0.603. The summed E-state index contributed by atoms with van der Waals surface area (Å²) in [5.41, 5.74) is 8.12. The van der Waals surface area contributed by atoms with Crippen molar-refractivity contribution in [3.63, 3.8) is 0 Å². The van der Waals surface area contributed by atoms with Gasteiger partial charge in [0.1, 0.15) is 11.8 Å². The number of ether oxygens (including phenoxy) is 1. The Kier molecular flexibility index (Phi) is 3.99. The van der Waals surface area contributed by atoms with Gasteiger partial charge in [0.05, 0.1) is 13.2 Å². The fraction of sp³-hybridized carbons (Fsp3) is 0.526. The molecule has 2 atom stereocenters. The minimum absolute atomic E-state index is 0.102. The van der Waals surface area contributed by atoms with Crippen molar-refractivity contribution in [1.29, 1.82) is 0 Å². The lowest BCUT2D eigenvalue weighted by Crippen LogP contribution is -2.52. The molecule has 3 heterocycles. The van der Waals surface area contributed by atoms with Crippen LogP contribution in [0.5, 0.6) is 5.75 Å². The molecule has 0 aliphatic carbocycles. The fourth-order valence-electron chi connectivity index (χ4n) is 4.26. The number of imide groups is 1. The zero-order valence-corrected chi connectivity index (χ0v) is 14.8. The summed E-state index contributed by atoms with van der Waals surface area (Å²) in [7, 11) is 0. The van der Waals surface area contributed by atoms with Gasteiger partial charge in [0, 0.05) is 28.5 Å². The van der Waals surface area contributed by atoms with Crippen LogP contribution in [-0.4, -0.2) is 41.8 Å². The number of nitrogens with one attached hydrogen (secondary N) is 1. The first-order valence-corrected chi connectivity index (χ1v) is 9.08. The number of hydrogen-bond acceptors (Lipinski definition) is 5. The first-order chi connectivity index (χ1) is 12.4. The number of rotatable bonds is 4. The third-order valence-corrected chi connectivity index (χ3v) is 5.78. The smallest absolute Gasteiger partial charge is 0.255 e. The molecule has 3 amide bonds. The number of carbonyl (C=O) groups excluding carboxylic acids is 3. The van der Waals surface area contributed by atoms with E-state index in [1.807, 2.05) is 12.1 Å². The van der Waals surface area contributed by atoms with Gasteiger partial charge in [0.2, 0.25) is 11.8 Å². The maximum Gasteiger partial charge on any atom is 0.255 e. The van der Waals surface area contributed by atoms with Gasteiger partial charge < -0.3 is 15.4 Å². The molecular weight excluding hydrogens is 334 g/mol. The molecule has 4 rings (SSSR count). The second-order valence-corrected chi connectivity index (χ2v) is 7.61. The molecule has 138 valence electrons. The maximum absolute atomic E-state index is 12.8.